The minimum absolute atomic E-state index is 0.0955. The van der Waals surface area contributed by atoms with Crippen LogP contribution in [0.2, 0.25) is 0 Å². The molecule has 70 valence electrons. The van der Waals surface area contributed by atoms with Crippen LogP contribution in [-0.4, -0.2) is 37.3 Å². The van der Waals surface area contributed by atoms with Crippen molar-refractivity contribution in [3.63, 3.8) is 0 Å². The molecule has 0 aromatic carbocycles. The Morgan fingerprint density at radius 3 is 2.67 bits per heavy atom. The summed E-state index contributed by atoms with van der Waals surface area (Å²) in [6.45, 7) is 1.97. The maximum absolute atomic E-state index is 11.4. The van der Waals surface area contributed by atoms with Gasteiger partial charge in [0.2, 0.25) is 0 Å². The topological polar surface area (TPSA) is 38.8 Å². The highest BCUT2D eigenvalue weighted by molar-refractivity contribution is 5.79. The van der Waals surface area contributed by atoms with Crippen LogP contribution in [-0.2, 0) is 14.4 Å². The van der Waals surface area contributed by atoms with E-state index in [1.165, 1.54) is 12.2 Å². The van der Waals surface area contributed by atoms with Crippen molar-refractivity contribution < 1.29 is 14.4 Å². The highest BCUT2D eigenvalue weighted by Crippen LogP contribution is 2.20. The van der Waals surface area contributed by atoms with E-state index in [0.717, 1.165) is 12.8 Å². The van der Waals surface area contributed by atoms with Crippen LogP contribution in [0.5, 0.6) is 0 Å². The van der Waals surface area contributed by atoms with Crippen LogP contribution >= 0.6 is 0 Å². The van der Waals surface area contributed by atoms with Gasteiger partial charge in [-0.3, -0.25) is 9.63 Å². The van der Waals surface area contributed by atoms with Gasteiger partial charge in [0, 0.05) is 7.05 Å². The largest absolute Gasteiger partial charge is 0.365 e. The van der Waals surface area contributed by atoms with Gasteiger partial charge < -0.3 is 4.74 Å². The van der Waals surface area contributed by atoms with Crippen molar-refractivity contribution in [2.45, 2.75) is 32.0 Å². The van der Waals surface area contributed by atoms with Crippen LogP contribution in [0.1, 0.15) is 19.8 Å². The molecule has 1 aliphatic rings. The maximum Gasteiger partial charge on any atom is 0.274 e. The number of hydroxylamine groups is 2. The van der Waals surface area contributed by atoms with Crippen molar-refractivity contribution in [1.29, 1.82) is 0 Å². The van der Waals surface area contributed by atoms with E-state index in [1.54, 1.807) is 7.05 Å². The van der Waals surface area contributed by atoms with Gasteiger partial charge in [0.15, 0.2) is 0 Å². The molecule has 1 saturated heterocycles. The molecule has 12 heavy (non-hydrogen) atoms. The molecule has 1 amide bonds. The molecular formula is C8H15NO3. The van der Waals surface area contributed by atoms with E-state index in [4.69, 9.17) is 9.57 Å². The average molecular weight is 173 g/mol. The molecule has 0 aliphatic carbocycles. The van der Waals surface area contributed by atoms with E-state index in [1.807, 2.05) is 6.92 Å². The molecular weight excluding hydrogens is 158 g/mol. The van der Waals surface area contributed by atoms with E-state index in [0.29, 0.717) is 0 Å². The number of amides is 1. The molecule has 1 fully saturated rings. The standard InChI is InChI=1S/C8H15NO3/c1-6-4-5-7(12-6)8(10)9(2)11-3/h6-7H,4-5H2,1-3H3. The highest BCUT2D eigenvalue weighted by atomic mass is 16.7. The third kappa shape index (κ3) is 1.95. The third-order valence-corrected chi connectivity index (χ3v) is 2.09. The number of ether oxygens (including phenoxy) is 1. The van der Waals surface area contributed by atoms with Crippen molar-refractivity contribution >= 4 is 5.91 Å². The summed E-state index contributed by atoms with van der Waals surface area (Å²) in [4.78, 5) is 16.2. The van der Waals surface area contributed by atoms with Crippen LogP contribution < -0.4 is 0 Å². The summed E-state index contributed by atoms with van der Waals surface area (Å²) < 4.78 is 5.37. The van der Waals surface area contributed by atoms with E-state index >= 15 is 0 Å². The second-order valence-corrected chi connectivity index (χ2v) is 3.03. The van der Waals surface area contributed by atoms with Gasteiger partial charge in [-0.1, -0.05) is 0 Å². The molecule has 0 aromatic heterocycles. The quantitative estimate of drug-likeness (QED) is 0.573. The summed E-state index contributed by atoms with van der Waals surface area (Å²) in [5, 5.41) is 1.21. The lowest BCUT2D eigenvalue weighted by molar-refractivity contribution is -0.179. The molecule has 4 heteroatoms. The summed E-state index contributed by atoms with van der Waals surface area (Å²) in [6, 6.07) is 0. The highest BCUT2D eigenvalue weighted by Gasteiger charge is 2.30. The van der Waals surface area contributed by atoms with Crippen molar-refractivity contribution in [3.05, 3.63) is 0 Å². The summed E-state index contributed by atoms with van der Waals surface area (Å²) in [7, 11) is 3.06. The Kier molecular flexibility index (Phi) is 3.05. The van der Waals surface area contributed by atoms with Gasteiger partial charge in [-0.15, -0.1) is 0 Å². The molecule has 0 aromatic rings. The maximum atomic E-state index is 11.4. The van der Waals surface area contributed by atoms with Crippen molar-refractivity contribution in [1.82, 2.24) is 5.06 Å². The predicted molar refractivity (Wildman–Crippen MR) is 43.3 cm³/mol. The van der Waals surface area contributed by atoms with Crippen LogP contribution in [0.4, 0.5) is 0 Å². The van der Waals surface area contributed by atoms with Gasteiger partial charge in [-0.2, -0.15) is 0 Å². The predicted octanol–water partition coefficient (Wildman–Crippen LogP) is 0.574. The Morgan fingerprint density at radius 1 is 1.58 bits per heavy atom. The van der Waals surface area contributed by atoms with Crippen LogP contribution in [0.25, 0.3) is 0 Å². The first-order chi connectivity index (χ1) is 5.65. The molecule has 4 nitrogen and oxygen atoms in total. The van der Waals surface area contributed by atoms with Crippen molar-refractivity contribution in [3.8, 4) is 0 Å². The first kappa shape index (κ1) is 9.48. The number of carbonyl (C=O) groups is 1. The first-order valence-electron chi connectivity index (χ1n) is 4.12. The Hall–Kier alpha value is -0.610. The van der Waals surface area contributed by atoms with E-state index < -0.39 is 0 Å². The SMILES string of the molecule is CON(C)C(=O)C1CCC(C)O1. The summed E-state index contributed by atoms with van der Waals surface area (Å²) in [5.41, 5.74) is 0. The van der Waals surface area contributed by atoms with Gasteiger partial charge in [0.1, 0.15) is 6.10 Å². The Labute approximate surface area is 72.4 Å². The molecule has 1 rings (SSSR count). The first-order valence-corrected chi connectivity index (χ1v) is 4.12. The van der Waals surface area contributed by atoms with Gasteiger partial charge in [0.25, 0.3) is 5.91 Å². The third-order valence-electron chi connectivity index (χ3n) is 2.09. The van der Waals surface area contributed by atoms with E-state index in [9.17, 15) is 4.79 Å². The fourth-order valence-electron chi connectivity index (χ4n) is 1.28. The Bertz CT molecular complexity index is 172. The van der Waals surface area contributed by atoms with E-state index in [-0.39, 0.29) is 18.1 Å². The Balaban J connectivity index is 2.43. The fourth-order valence-corrected chi connectivity index (χ4v) is 1.28. The molecule has 1 aliphatic heterocycles. The summed E-state index contributed by atoms with van der Waals surface area (Å²) in [6.07, 6.45) is 1.65. The minimum atomic E-state index is -0.301. The van der Waals surface area contributed by atoms with Crippen molar-refractivity contribution in [2.75, 3.05) is 14.2 Å². The van der Waals surface area contributed by atoms with Crippen molar-refractivity contribution in [2.24, 2.45) is 0 Å². The number of likely N-dealkylation sites (N-methyl/N-ethyl adjacent to an activating group) is 1. The van der Waals surface area contributed by atoms with Gasteiger partial charge in [-0.05, 0) is 19.8 Å². The number of rotatable bonds is 2. The number of carbonyl (C=O) groups excluding carboxylic acids is 1. The summed E-state index contributed by atoms with van der Waals surface area (Å²) in [5.74, 6) is -0.0955. The number of nitrogens with zero attached hydrogens (tertiary/aromatic N) is 1. The fraction of sp³-hybridized carbons (Fsp3) is 0.875. The zero-order valence-electron chi connectivity index (χ0n) is 7.74. The van der Waals surface area contributed by atoms with Crippen LogP contribution in [0.15, 0.2) is 0 Å². The normalized spacial score (nSPS) is 28.9. The second kappa shape index (κ2) is 3.87. The Morgan fingerprint density at radius 2 is 2.25 bits per heavy atom. The zero-order valence-corrected chi connectivity index (χ0v) is 7.74. The molecule has 2 unspecified atom stereocenters. The second-order valence-electron chi connectivity index (χ2n) is 3.03. The number of hydrogen-bond acceptors (Lipinski definition) is 3. The molecule has 1 heterocycles. The van der Waals surface area contributed by atoms with Gasteiger partial charge >= 0.3 is 0 Å². The van der Waals surface area contributed by atoms with Crippen LogP contribution in [0.3, 0.4) is 0 Å². The summed E-state index contributed by atoms with van der Waals surface area (Å²) >= 11 is 0. The zero-order chi connectivity index (χ0) is 9.14. The van der Waals surface area contributed by atoms with Crippen LogP contribution in [0, 0.1) is 0 Å². The molecule has 2 atom stereocenters. The van der Waals surface area contributed by atoms with Gasteiger partial charge in [-0.25, -0.2) is 5.06 Å². The molecule has 0 saturated carbocycles. The minimum Gasteiger partial charge on any atom is -0.365 e. The lowest BCUT2D eigenvalue weighted by Crippen LogP contribution is -2.35. The molecule has 0 N–H and O–H groups in total. The molecule has 0 spiro atoms. The molecule has 0 bridgehead atoms. The lowest BCUT2D eigenvalue weighted by Gasteiger charge is -2.17. The average Bonchev–Trinajstić information content (AvgIpc) is 2.49. The number of hydrogen-bond donors (Lipinski definition) is 0. The smallest absolute Gasteiger partial charge is 0.274 e. The van der Waals surface area contributed by atoms with Gasteiger partial charge in [0.05, 0.1) is 13.2 Å². The lowest BCUT2D eigenvalue weighted by atomic mass is 10.2. The molecule has 0 radical (unpaired) electrons. The monoisotopic (exact) mass is 173 g/mol. The van der Waals surface area contributed by atoms with E-state index in [2.05, 4.69) is 0 Å².